The minimum Gasteiger partial charge on any atom is -0.505 e. The Labute approximate surface area is 168 Å². The zero-order valence-corrected chi connectivity index (χ0v) is 16.1. The zero-order chi connectivity index (χ0) is 20.5. The molecule has 0 aliphatic rings. The summed E-state index contributed by atoms with van der Waals surface area (Å²) in [5.74, 6) is 0.104. The molecule has 0 bridgehead atoms. The second-order valence-corrected chi connectivity index (χ2v) is 6.99. The Balaban J connectivity index is 1.93. The van der Waals surface area contributed by atoms with Crippen LogP contribution in [-0.2, 0) is 0 Å². The molecular formula is C25H19NO3. The fraction of sp³-hybridized carbons (Fsp3) is 0.0800. The van der Waals surface area contributed by atoms with Gasteiger partial charge in [0.2, 0.25) is 0 Å². The van der Waals surface area contributed by atoms with E-state index in [-0.39, 0.29) is 17.3 Å². The molecule has 0 radical (unpaired) electrons. The van der Waals surface area contributed by atoms with Gasteiger partial charge in [-0.2, -0.15) is 0 Å². The molecule has 1 N–H and O–H groups in total. The van der Waals surface area contributed by atoms with Gasteiger partial charge in [0.15, 0.2) is 11.6 Å². The number of fused-ring (bicyclic) bond motifs is 1. The first kappa shape index (κ1) is 18.6. The molecule has 4 aromatic rings. The van der Waals surface area contributed by atoms with Crippen molar-refractivity contribution in [3.63, 3.8) is 0 Å². The highest BCUT2D eigenvalue weighted by molar-refractivity contribution is 6.03. The molecule has 0 atom stereocenters. The second-order valence-electron chi connectivity index (χ2n) is 6.99. The van der Waals surface area contributed by atoms with Gasteiger partial charge in [-0.1, -0.05) is 54.6 Å². The highest BCUT2D eigenvalue weighted by Gasteiger charge is 2.15. The highest BCUT2D eigenvalue weighted by Crippen LogP contribution is 2.40. The SMILES string of the molecule is CC(=O)c1ccc(-c2cc(-c3ccc(C(C)=O)cc3)c3cccnc3c2O)cc1. The Morgan fingerprint density at radius 1 is 0.759 bits per heavy atom. The molecule has 0 aliphatic carbocycles. The second kappa shape index (κ2) is 7.32. The monoisotopic (exact) mass is 381 g/mol. The summed E-state index contributed by atoms with van der Waals surface area (Å²) in [6.07, 6.45) is 1.65. The number of nitrogens with zero attached hydrogens (tertiary/aromatic N) is 1. The van der Waals surface area contributed by atoms with Gasteiger partial charge in [-0.15, -0.1) is 0 Å². The summed E-state index contributed by atoms with van der Waals surface area (Å²) in [5, 5.41) is 11.7. The van der Waals surface area contributed by atoms with E-state index in [1.54, 1.807) is 30.5 Å². The number of carbonyl (C=O) groups is 2. The summed E-state index contributed by atoms with van der Waals surface area (Å²) in [7, 11) is 0. The normalized spacial score (nSPS) is 10.8. The maximum absolute atomic E-state index is 11.6. The lowest BCUT2D eigenvalue weighted by Gasteiger charge is -2.13. The van der Waals surface area contributed by atoms with Crippen LogP contribution < -0.4 is 0 Å². The number of ketones is 2. The molecule has 0 aliphatic heterocycles. The van der Waals surface area contributed by atoms with Crippen LogP contribution in [0.2, 0.25) is 0 Å². The number of aromatic hydroxyl groups is 1. The van der Waals surface area contributed by atoms with Crippen LogP contribution in [0.5, 0.6) is 5.75 Å². The van der Waals surface area contributed by atoms with Crippen molar-refractivity contribution >= 4 is 22.5 Å². The number of Topliss-reactive ketones (excluding diaryl/α,β-unsaturated/α-hetero) is 2. The lowest BCUT2D eigenvalue weighted by molar-refractivity contribution is 0.100. The predicted molar refractivity (Wildman–Crippen MR) is 114 cm³/mol. The van der Waals surface area contributed by atoms with Crippen molar-refractivity contribution in [1.82, 2.24) is 4.98 Å². The molecule has 1 heterocycles. The third kappa shape index (κ3) is 3.41. The van der Waals surface area contributed by atoms with Crippen molar-refractivity contribution in [3.8, 4) is 28.0 Å². The third-order valence-corrected chi connectivity index (χ3v) is 5.07. The van der Waals surface area contributed by atoms with Gasteiger partial charge < -0.3 is 5.11 Å². The standard InChI is InChI=1S/C25H19NO3/c1-15(27)17-5-9-19(10-6-17)22-14-23(20-11-7-18(8-12-20)16(2)28)25(29)24-21(22)4-3-13-26-24/h3-14,29H,1-2H3. The number of carbonyl (C=O) groups excluding carboxylic acids is 2. The highest BCUT2D eigenvalue weighted by atomic mass is 16.3. The molecule has 4 rings (SSSR count). The fourth-order valence-electron chi connectivity index (χ4n) is 3.46. The first-order valence-corrected chi connectivity index (χ1v) is 9.29. The third-order valence-electron chi connectivity index (χ3n) is 5.07. The lowest BCUT2D eigenvalue weighted by atomic mass is 9.93. The van der Waals surface area contributed by atoms with Crippen molar-refractivity contribution in [2.24, 2.45) is 0 Å². The molecular weight excluding hydrogens is 362 g/mol. The fourth-order valence-corrected chi connectivity index (χ4v) is 3.46. The van der Waals surface area contributed by atoms with Gasteiger partial charge in [0.25, 0.3) is 0 Å². The molecule has 4 nitrogen and oxygen atoms in total. The number of benzene rings is 3. The van der Waals surface area contributed by atoms with Gasteiger partial charge in [0.1, 0.15) is 11.3 Å². The number of aromatic nitrogens is 1. The first-order valence-electron chi connectivity index (χ1n) is 9.29. The average Bonchev–Trinajstić information content (AvgIpc) is 2.74. The van der Waals surface area contributed by atoms with E-state index in [1.807, 2.05) is 42.5 Å². The maximum Gasteiger partial charge on any atom is 0.159 e. The lowest BCUT2D eigenvalue weighted by Crippen LogP contribution is -1.93. The van der Waals surface area contributed by atoms with Crippen molar-refractivity contribution in [3.05, 3.63) is 84.1 Å². The van der Waals surface area contributed by atoms with E-state index in [0.717, 1.165) is 22.1 Å². The topological polar surface area (TPSA) is 67.3 Å². The van der Waals surface area contributed by atoms with Crippen LogP contribution in [-0.4, -0.2) is 21.7 Å². The van der Waals surface area contributed by atoms with Crippen LogP contribution in [0.15, 0.2) is 72.9 Å². The molecule has 0 fully saturated rings. The number of rotatable bonds is 4. The van der Waals surface area contributed by atoms with Gasteiger partial charge in [0, 0.05) is 28.3 Å². The van der Waals surface area contributed by atoms with Crippen LogP contribution in [0.3, 0.4) is 0 Å². The first-order chi connectivity index (χ1) is 14.0. The van der Waals surface area contributed by atoms with Gasteiger partial charge in [-0.05, 0) is 42.7 Å². The minimum absolute atomic E-state index is 0.00722. The van der Waals surface area contributed by atoms with Crippen molar-refractivity contribution in [1.29, 1.82) is 0 Å². The van der Waals surface area contributed by atoms with E-state index in [1.165, 1.54) is 13.8 Å². The molecule has 4 heteroatoms. The molecule has 29 heavy (non-hydrogen) atoms. The Kier molecular flexibility index (Phi) is 4.69. The molecule has 0 saturated carbocycles. The van der Waals surface area contributed by atoms with Crippen molar-refractivity contribution in [2.75, 3.05) is 0 Å². The van der Waals surface area contributed by atoms with Gasteiger partial charge >= 0.3 is 0 Å². The van der Waals surface area contributed by atoms with Crippen LogP contribution in [0, 0.1) is 0 Å². The summed E-state index contributed by atoms with van der Waals surface area (Å²) in [6, 6.07) is 20.2. The Hall–Kier alpha value is -3.79. The molecule has 0 amide bonds. The molecule has 0 saturated heterocycles. The van der Waals surface area contributed by atoms with Crippen LogP contribution in [0.1, 0.15) is 34.6 Å². The van der Waals surface area contributed by atoms with Crippen LogP contribution >= 0.6 is 0 Å². The van der Waals surface area contributed by atoms with E-state index in [2.05, 4.69) is 4.98 Å². The van der Waals surface area contributed by atoms with E-state index >= 15 is 0 Å². The zero-order valence-electron chi connectivity index (χ0n) is 16.1. The number of hydrogen-bond acceptors (Lipinski definition) is 4. The summed E-state index contributed by atoms with van der Waals surface area (Å²) < 4.78 is 0. The molecule has 142 valence electrons. The molecule has 1 aromatic heterocycles. The van der Waals surface area contributed by atoms with E-state index < -0.39 is 0 Å². The number of pyridine rings is 1. The van der Waals surface area contributed by atoms with E-state index in [0.29, 0.717) is 22.2 Å². The van der Waals surface area contributed by atoms with Crippen molar-refractivity contribution < 1.29 is 14.7 Å². The van der Waals surface area contributed by atoms with Crippen molar-refractivity contribution in [2.45, 2.75) is 13.8 Å². The van der Waals surface area contributed by atoms with E-state index in [9.17, 15) is 14.7 Å². The predicted octanol–water partition coefficient (Wildman–Crippen LogP) is 5.68. The maximum atomic E-state index is 11.6. The van der Waals surface area contributed by atoms with E-state index in [4.69, 9.17) is 0 Å². The molecule has 0 spiro atoms. The number of hydrogen-bond donors (Lipinski definition) is 1. The Bertz CT molecular complexity index is 1240. The van der Waals surface area contributed by atoms with Crippen LogP contribution in [0.4, 0.5) is 0 Å². The summed E-state index contributed by atoms with van der Waals surface area (Å²) in [5.41, 5.74) is 5.04. The van der Waals surface area contributed by atoms with Crippen LogP contribution in [0.25, 0.3) is 33.2 Å². The quantitative estimate of drug-likeness (QED) is 0.462. The number of phenolic OH excluding ortho intramolecular Hbond substituents is 1. The number of phenols is 1. The van der Waals surface area contributed by atoms with Gasteiger partial charge in [-0.25, -0.2) is 0 Å². The summed E-state index contributed by atoms with van der Waals surface area (Å²) >= 11 is 0. The molecule has 0 unspecified atom stereocenters. The summed E-state index contributed by atoms with van der Waals surface area (Å²) in [6.45, 7) is 3.06. The Morgan fingerprint density at radius 3 is 1.79 bits per heavy atom. The molecule has 3 aromatic carbocycles. The average molecular weight is 381 g/mol. The summed E-state index contributed by atoms with van der Waals surface area (Å²) in [4.78, 5) is 27.6. The van der Waals surface area contributed by atoms with Gasteiger partial charge in [0.05, 0.1) is 0 Å². The smallest absolute Gasteiger partial charge is 0.159 e. The van der Waals surface area contributed by atoms with Gasteiger partial charge in [-0.3, -0.25) is 14.6 Å². The largest absolute Gasteiger partial charge is 0.505 e. The Morgan fingerprint density at radius 2 is 1.28 bits per heavy atom. The minimum atomic E-state index is -0.00722.